The zero-order chi connectivity index (χ0) is 25.5. The van der Waals surface area contributed by atoms with Gasteiger partial charge in [-0.2, -0.15) is 0 Å². The normalized spacial score (nSPS) is 14.6. The number of nitrogens with one attached hydrogen (secondary N) is 1. The average Bonchev–Trinajstić information content (AvgIpc) is 3.36. The number of fused-ring (bicyclic) bond motifs is 2. The van der Waals surface area contributed by atoms with Crippen LogP contribution in [0, 0.1) is 0 Å². The number of aromatic amines is 1. The fraction of sp³-hybridized carbons (Fsp3) is 0.250. The fourth-order valence-electron chi connectivity index (χ4n) is 5.04. The van der Waals surface area contributed by atoms with Crippen LogP contribution in [0.25, 0.3) is 33.2 Å². The van der Waals surface area contributed by atoms with Crippen LogP contribution < -0.4 is 10.6 Å². The number of piperidine rings is 1. The van der Waals surface area contributed by atoms with Gasteiger partial charge in [-0.1, -0.05) is 0 Å². The Balaban J connectivity index is 1.30. The van der Waals surface area contributed by atoms with Crippen LogP contribution in [0.4, 0.5) is 11.5 Å². The number of hydrogen-bond donors (Lipinski definition) is 2. The molecule has 1 saturated heterocycles. The smallest absolute Gasteiger partial charge is 0.228 e. The van der Waals surface area contributed by atoms with Gasteiger partial charge in [-0.05, 0) is 69.4 Å². The van der Waals surface area contributed by atoms with E-state index in [4.69, 9.17) is 10.7 Å². The van der Waals surface area contributed by atoms with Crippen LogP contribution in [0.1, 0.15) is 29.0 Å². The van der Waals surface area contributed by atoms with Crippen molar-refractivity contribution < 1.29 is 4.79 Å². The molecule has 5 heterocycles. The molecular formula is C28H28N8O. The van der Waals surface area contributed by atoms with Crippen molar-refractivity contribution in [3.8, 4) is 11.1 Å². The Morgan fingerprint density at radius 3 is 2.70 bits per heavy atom. The minimum absolute atomic E-state index is 0.228. The van der Waals surface area contributed by atoms with Gasteiger partial charge in [0, 0.05) is 65.5 Å². The molecule has 3 N–H and O–H groups in total. The van der Waals surface area contributed by atoms with E-state index in [-0.39, 0.29) is 11.6 Å². The Kier molecular flexibility index (Phi) is 5.77. The van der Waals surface area contributed by atoms with Crippen LogP contribution in [-0.4, -0.2) is 68.8 Å². The second kappa shape index (κ2) is 9.25. The molecule has 0 atom stereocenters. The summed E-state index contributed by atoms with van der Waals surface area (Å²) in [6.45, 7) is 1.90. The molecule has 1 aliphatic heterocycles. The molecule has 0 bridgehead atoms. The van der Waals surface area contributed by atoms with Crippen LogP contribution in [0.5, 0.6) is 0 Å². The van der Waals surface area contributed by atoms with E-state index in [0.717, 1.165) is 48.2 Å². The number of aromatic nitrogens is 5. The molecule has 9 heteroatoms. The summed E-state index contributed by atoms with van der Waals surface area (Å²) in [5.41, 5.74) is 10.9. The number of rotatable bonds is 5. The van der Waals surface area contributed by atoms with Crippen molar-refractivity contribution in [1.82, 2.24) is 29.8 Å². The van der Waals surface area contributed by atoms with Crippen molar-refractivity contribution in [3.05, 3.63) is 72.4 Å². The van der Waals surface area contributed by atoms with Crippen LogP contribution in [0.2, 0.25) is 0 Å². The van der Waals surface area contributed by atoms with E-state index in [1.54, 1.807) is 36.8 Å². The standard InChI is InChI=1S/C28H28N8O/c1-35(2)19-9-12-36(13-10-19)24-8-7-23-27(33-24)34-28(32-23)26(37)17-5-6-22(29)20(14-17)21-16-30-15-18-4-3-11-31-25(18)21/h3-8,11,14-16,19H,9-10,12-13,29H2,1-2H3,(H,32,33,34). The summed E-state index contributed by atoms with van der Waals surface area (Å²) < 4.78 is 0. The van der Waals surface area contributed by atoms with Gasteiger partial charge in [0.2, 0.25) is 5.78 Å². The van der Waals surface area contributed by atoms with E-state index in [9.17, 15) is 4.79 Å². The zero-order valence-corrected chi connectivity index (χ0v) is 20.8. The van der Waals surface area contributed by atoms with Crippen LogP contribution in [0.3, 0.4) is 0 Å². The molecule has 5 aromatic rings. The summed E-state index contributed by atoms with van der Waals surface area (Å²) in [6.07, 6.45) is 7.42. The highest BCUT2D eigenvalue weighted by Crippen LogP contribution is 2.32. The lowest BCUT2D eigenvalue weighted by molar-refractivity contribution is 0.103. The van der Waals surface area contributed by atoms with Crippen LogP contribution in [0.15, 0.2) is 61.1 Å². The molecular weight excluding hydrogens is 464 g/mol. The number of nitrogens with zero attached hydrogens (tertiary/aromatic N) is 6. The van der Waals surface area contributed by atoms with Crippen molar-refractivity contribution >= 4 is 39.4 Å². The average molecular weight is 493 g/mol. The fourth-order valence-corrected chi connectivity index (χ4v) is 5.04. The maximum Gasteiger partial charge on any atom is 0.228 e. The highest BCUT2D eigenvalue weighted by Gasteiger charge is 2.23. The molecule has 9 nitrogen and oxygen atoms in total. The molecule has 0 saturated carbocycles. The number of carbonyl (C=O) groups excluding carboxylic acids is 1. The van der Waals surface area contributed by atoms with E-state index in [1.165, 1.54) is 0 Å². The summed E-state index contributed by atoms with van der Waals surface area (Å²) in [4.78, 5) is 39.3. The second-order valence-corrected chi connectivity index (χ2v) is 9.70. The van der Waals surface area contributed by atoms with Crippen molar-refractivity contribution in [3.63, 3.8) is 0 Å². The first-order valence-electron chi connectivity index (χ1n) is 12.4. The molecule has 6 rings (SSSR count). The first kappa shape index (κ1) is 23.1. The van der Waals surface area contributed by atoms with Crippen LogP contribution >= 0.6 is 0 Å². The maximum atomic E-state index is 13.5. The molecule has 37 heavy (non-hydrogen) atoms. The Morgan fingerprint density at radius 2 is 1.89 bits per heavy atom. The van der Waals surface area contributed by atoms with Gasteiger partial charge < -0.3 is 20.5 Å². The molecule has 186 valence electrons. The summed E-state index contributed by atoms with van der Waals surface area (Å²) in [7, 11) is 4.27. The van der Waals surface area contributed by atoms with Crippen molar-refractivity contribution in [1.29, 1.82) is 0 Å². The Bertz CT molecular complexity index is 1610. The van der Waals surface area contributed by atoms with Gasteiger partial charge in [0.1, 0.15) is 11.3 Å². The van der Waals surface area contributed by atoms with E-state index >= 15 is 0 Å². The first-order valence-corrected chi connectivity index (χ1v) is 12.4. The van der Waals surface area contributed by atoms with Crippen molar-refractivity contribution in [2.24, 2.45) is 0 Å². The number of pyridine rings is 3. The number of nitrogens with two attached hydrogens (primary N) is 1. The van der Waals surface area contributed by atoms with Gasteiger partial charge in [0.25, 0.3) is 0 Å². The largest absolute Gasteiger partial charge is 0.398 e. The second-order valence-electron chi connectivity index (χ2n) is 9.70. The van der Waals surface area contributed by atoms with E-state index < -0.39 is 0 Å². The molecule has 0 radical (unpaired) electrons. The molecule has 0 aliphatic carbocycles. The van der Waals surface area contributed by atoms with Crippen molar-refractivity contribution in [2.45, 2.75) is 18.9 Å². The Morgan fingerprint density at radius 1 is 1.05 bits per heavy atom. The molecule has 1 aliphatic rings. The lowest BCUT2D eigenvalue weighted by atomic mass is 9.98. The lowest BCUT2D eigenvalue weighted by Gasteiger charge is -2.35. The zero-order valence-electron chi connectivity index (χ0n) is 20.8. The SMILES string of the molecule is CN(C)C1CCN(c2ccc3nc(C(=O)c4ccc(N)c(-c5cncc6cccnc56)c4)[nH]c3n2)CC1. The van der Waals surface area contributed by atoms with Gasteiger partial charge in [0.05, 0.1) is 5.52 Å². The molecule has 0 spiro atoms. The maximum absolute atomic E-state index is 13.5. The number of imidazole rings is 1. The third kappa shape index (κ3) is 4.27. The van der Waals surface area contributed by atoms with E-state index in [0.29, 0.717) is 34.0 Å². The number of ketones is 1. The number of benzene rings is 1. The minimum Gasteiger partial charge on any atom is -0.398 e. The summed E-state index contributed by atoms with van der Waals surface area (Å²) >= 11 is 0. The van der Waals surface area contributed by atoms with E-state index in [2.05, 4.69) is 43.8 Å². The molecule has 0 amide bonds. The molecule has 1 fully saturated rings. The molecule has 4 aromatic heterocycles. The summed E-state index contributed by atoms with van der Waals surface area (Å²) in [5.74, 6) is 0.919. The Labute approximate surface area is 214 Å². The van der Waals surface area contributed by atoms with Gasteiger partial charge in [-0.15, -0.1) is 0 Å². The summed E-state index contributed by atoms with van der Waals surface area (Å²) in [6, 6.07) is 13.5. The van der Waals surface area contributed by atoms with Gasteiger partial charge in [0.15, 0.2) is 11.5 Å². The third-order valence-electron chi connectivity index (χ3n) is 7.18. The third-order valence-corrected chi connectivity index (χ3v) is 7.18. The lowest BCUT2D eigenvalue weighted by Crippen LogP contribution is -2.42. The molecule has 1 aromatic carbocycles. The minimum atomic E-state index is -0.228. The quantitative estimate of drug-likeness (QED) is 0.280. The molecule has 0 unspecified atom stereocenters. The number of nitrogen functional groups attached to an aromatic ring is 1. The van der Waals surface area contributed by atoms with Crippen LogP contribution in [-0.2, 0) is 0 Å². The predicted molar refractivity (Wildman–Crippen MR) is 146 cm³/mol. The predicted octanol–water partition coefficient (Wildman–Crippen LogP) is 3.91. The summed E-state index contributed by atoms with van der Waals surface area (Å²) in [5, 5.41) is 0.904. The topological polar surface area (TPSA) is 117 Å². The van der Waals surface area contributed by atoms with E-state index in [1.807, 2.05) is 24.3 Å². The first-order chi connectivity index (χ1) is 18.0. The van der Waals surface area contributed by atoms with Crippen molar-refractivity contribution in [2.75, 3.05) is 37.8 Å². The van der Waals surface area contributed by atoms with Gasteiger partial charge in [-0.3, -0.25) is 14.8 Å². The van der Waals surface area contributed by atoms with Gasteiger partial charge in [-0.25, -0.2) is 9.97 Å². The monoisotopic (exact) mass is 492 g/mol. The highest BCUT2D eigenvalue weighted by molar-refractivity contribution is 6.09. The number of anilines is 2. The number of H-pyrrole nitrogens is 1. The highest BCUT2D eigenvalue weighted by atomic mass is 16.1. The van der Waals surface area contributed by atoms with Gasteiger partial charge >= 0.3 is 0 Å². The Hall–Kier alpha value is -4.37. The number of hydrogen-bond acceptors (Lipinski definition) is 8. The number of carbonyl (C=O) groups is 1.